The van der Waals surface area contributed by atoms with Crippen LogP contribution in [0, 0.1) is 6.92 Å². The molecule has 5 nitrogen and oxygen atoms in total. The number of benzene rings is 1. The van der Waals surface area contributed by atoms with E-state index in [2.05, 4.69) is 15.6 Å². The highest BCUT2D eigenvalue weighted by Gasteiger charge is 2.08. The quantitative estimate of drug-likeness (QED) is 0.566. The molecular weight excluding hydrogens is 190 g/mol. The zero-order valence-corrected chi connectivity index (χ0v) is 8.73. The van der Waals surface area contributed by atoms with Gasteiger partial charge in [0.15, 0.2) is 5.82 Å². The molecule has 3 N–H and O–H groups in total. The molecule has 0 saturated carbocycles. The summed E-state index contributed by atoms with van der Waals surface area (Å²) in [4.78, 5) is 0. The van der Waals surface area contributed by atoms with Crippen molar-refractivity contribution in [2.24, 2.45) is 12.9 Å². The van der Waals surface area contributed by atoms with E-state index in [0.29, 0.717) is 5.95 Å². The maximum Gasteiger partial charge on any atom is 0.238 e. The third kappa shape index (κ3) is 1.69. The summed E-state index contributed by atoms with van der Waals surface area (Å²) >= 11 is 0. The first kappa shape index (κ1) is 9.67. The van der Waals surface area contributed by atoms with Gasteiger partial charge in [-0.05, 0) is 6.92 Å². The van der Waals surface area contributed by atoms with Crippen molar-refractivity contribution in [2.75, 3.05) is 5.43 Å². The van der Waals surface area contributed by atoms with Gasteiger partial charge in [0.2, 0.25) is 5.95 Å². The van der Waals surface area contributed by atoms with Crippen molar-refractivity contribution < 1.29 is 0 Å². The number of hydrogen-bond donors (Lipinski definition) is 2. The van der Waals surface area contributed by atoms with Gasteiger partial charge in [0.05, 0.1) is 0 Å². The van der Waals surface area contributed by atoms with E-state index in [1.54, 1.807) is 0 Å². The van der Waals surface area contributed by atoms with Crippen LogP contribution in [0.25, 0.3) is 11.4 Å². The second-order valence-corrected chi connectivity index (χ2v) is 3.42. The smallest absolute Gasteiger partial charge is 0.238 e. The lowest BCUT2D eigenvalue weighted by Crippen LogP contribution is -2.11. The summed E-state index contributed by atoms with van der Waals surface area (Å²) in [6.07, 6.45) is 0. The SMILES string of the molecule is Cc1ccc(-c2nnc(NN)n2C)cc1. The van der Waals surface area contributed by atoms with Gasteiger partial charge in [-0.15, -0.1) is 10.2 Å². The molecule has 0 spiro atoms. The van der Waals surface area contributed by atoms with Gasteiger partial charge < -0.3 is 0 Å². The van der Waals surface area contributed by atoms with Crippen LogP contribution in [0.4, 0.5) is 5.95 Å². The van der Waals surface area contributed by atoms with E-state index >= 15 is 0 Å². The first-order valence-corrected chi connectivity index (χ1v) is 4.65. The van der Waals surface area contributed by atoms with E-state index in [4.69, 9.17) is 5.84 Å². The fourth-order valence-electron chi connectivity index (χ4n) is 1.41. The molecule has 0 fully saturated rings. The molecule has 1 aromatic heterocycles. The van der Waals surface area contributed by atoms with Crippen molar-refractivity contribution >= 4 is 5.95 Å². The average molecular weight is 203 g/mol. The van der Waals surface area contributed by atoms with Gasteiger partial charge in [-0.2, -0.15) is 0 Å². The fraction of sp³-hybridized carbons (Fsp3) is 0.200. The van der Waals surface area contributed by atoms with Crippen molar-refractivity contribution in [3.8, 4) is 11.4 Å². The largest absolute Gasteiger partial charge is 0.296 e. The molecule has 0 amide bonds. The molecule has 1 aromatic carbocycles. The Hall–Kier alpha value is -1.88. The zero-order valence-electron chi connectivity index (χ0n) is 8.73. The molecule has 0 aliphatic heterocycles. The van der Waals surface area contributed by atoms with Gasteiger partial charge in [0, 0.05) is 12.6 Å². The van der Waals surface area contributed by atoms with Gasteiger partial charge in [0.25, 0.3) is 0 Å². The minimum absolute atomic E-state index is 0.547. The van der Waals surface area contributed by atoms with E-state index in [-0.39, 0.29) is 0 Å². The average Bonchev–Trinajstić information content (AvgIpc) is 2.61. The number of rotatable bonds is 2. The fourth-order valence-corrected chi connectivity index (χ4v) is 1.41. The Kier molecular flexibility index (Phi) is 2.39. The summed E-state index contributed by atoms with van der Waals surface area (Å²) in [5.41, 5.74) is 4.73. The summed E-state index contributed by atoms with van der Waals surface area (Å²) in [6.45, 7) is 2.05. The lowest BCUT2D eigenvalue weighted by molar-refractivity contribution is 0.917. The highest BCUT2D eigenvalue weighted by Crippen LogP contribution is 2.18. The number of anilines is 1. The number of nitrogens with one attached hydrogen (secondary N) is 1. The van der Waals surface area contributed by atoms with Crippen LogP contribution in [0.2, 0.25) is 0 Å². The minimum atomic E-state index is 0.547. The van der Waals surface area contributed by atoms with E-state index in [1.165, 1.54) is 5.56 Å². The van der Waals surface area contributed by atoms with Crippen LogP contribution >= 0.6 is 0 Å². The lowest BCUT2D eigenvalue weighted by Gasteiger charge is -2.03. The predicted molar refractivity (Wildman–Crippen MR) is 59.0 cm³/mol. The summed E-state index contributed by atoms with van der Waals surface area (Å²) in [5.74, 6) is 6.63. The molecule has 15 heavy (non-hydrogen) atoms. The molecule has 0 bridgehead atoms. The molecule has 0 aliphatic rings. The molecule has 1 heterocycles. The first-order chi connectivity index (χ1) is 7.22. The van der Waals surface area contributed by atoms with Gasteiger partial charge in [-0.25, -0.2) is 5.84 Å². The Balaban J connectivity index is 2.45. The number of hydrazine groups is 1. The van der Waals surface area contributed by atoms with Crippen molar-refractivity contribution in [3.63, 3.8) is 0 Å². The molecule has 0 atom stereocenters. The van der Waals surface area contributed by atoms with Gasteiger partial charge in [0.1, 0.15) is 0 Å². The number of hydrogen-bond acceptors (Lipinski definition) is 4. The molecule has 2 rings (SSSR count). The Bertz CT molecular complexity index is 457. The Morgan fingerprint density at radius 2 is 1.87 bits per heavy atom. The van der Waals surface area contributed by atoms with Gasteiger partial charge in [-0.1, -0.05) is 29.8 Å². The molecule has 0 unspecified atom stereocenters. The zero-order chi connectivity index (χ0) is 10.8. The Labute approximate surface area is 87.9 Å². The lowest BCUT2D eigenvalue weighted by atomic mass is 10.1. The van der Waals surface area contributed by atoms with E-state index < -0.39 is 0 Å². The van der Waals surface area contributed by atoms with Crippen molar-refractivity contribution in [1.82, 2.24) is 14.8 Å². The highest BCUT2D eigenvalue weighted by atomic mass is 15.4. The molecule has 0 saturated heterocycles. The highest BCUT2D eigenvalue weighted by molar-refractivity contribution is 5.57. The predicted octanol–water partition coefficient (Wildman–Crippen LogP) is 1.08. The van der Waals surface area contributed by atoms with Crippen LogP contribution in [-0.4, -0.2) is 14.8 Å². The monoisotopic (exact) mass is 203 g/mol. The van der Waals surface area contributed by atoms with E-state index in [9.17, 15) is 0 Å². The molecule has 0 aliphatic carbocycles. The first-order valence-electron chi connectivity index (χ1n) is 4.65. The number of aryl methyl sites for hydroxylation is 1. The molecular formula is C10H13N5. The van der Waals surface area contributed by atoms with Crippen molar-refractivity contribution in [2.45, 2.75) is 6.92 Å². The summed E-state index contributed by atoms with van der Waals surface area (Å²) in [5, 5.41) is 7.97. The van der Waals surface area contributed by atoms with Crippen LogP contribution in [0.15, 0.2) is 24.3 Å². The van der Waals surface area contributed by atoms with Gasteiger partial charge in [-0.3, -0.25) is 9.99 Å². The third-order valence-electron chi connectivity index (χ3n) is 2.31. The second-order valence-electron chi connectivity index (χ2n) is 3.42. The number of nitrogen functional groups attached to an aromatic ring is 1. The van der Waals surface area contributed by atoms with E-state index in [1.807, 2.05) is 42.8 Å². The topological polar surface area (TPSA) is 68.8 Å². The maximum atomic E-state index is 5.29. The normalized spacial score (nSPS) is 10.3. The number of nitrogens with two attached hydrogens (primary N) is 1. The van der Waals surface area contributed by atoms with Crippen LogP contribution < -0.4 is 11.3 Å². The second kappa shape index (κ2) is 3.70. The maximum absolute atomic E-state index is 5.29. The molecule has 0 radical (unpaired) electrons. The molecule has 5 heteroatoms. The molecule has 2 aromatic rings. The summed E-state index contributed by atoms with van der Waals surface area (Å²) < 4.78 is 1.81. The van der Waals surface area contributed by atoms with Crippen molar-refractivity contribution in [1.29, 1.82) is 0 Å². The minimum Gasteiger partial charge on any atom is -0.296 e. The van der Waals surface area contributed by atoms with E-state index in [0.717, 1.165) is 11.4 Å². The van der Waals surface area contributed by atoms with Crippen LogP contribution in [0.5, 0.6) is 0 Å². The number of aromatic nitrogens is 3. The Morgan fingerprint density at radius 3 is 2.40 bits per heavy atom. The summed E-state index contributed by atoms with van der Waals surface area (Å²) in [7, 11) is 1.87. The number of nitrogens with zero attached hydrogens (tertiary/aromatic N) is 3. The van der Waals surface area contributed by atoms with Crippen LogP contribution in [0.1, 0.15) is 5.56 Å². The molecule has 78 valence electrons. The van der Waals surface area contributed by atoms with Crippen molar-refractivity contribution in [3.05, 3.63) is 29.8 Å². The van der Waals surface area contributed by atoms with Gasteiger partial charge >= 0.3 is 0 Å². The van der Waals surface area contributed by atoms with Crippen LogP contribution in [-0.2, 0) is 7.05 Å². The third-order valence-corrected chi connectivity index (χ3v) is 2.31. The standard InChI is InChI=1S/C10H13N5/c1-7-3-5-8(6-4-7)9-13-14-10(12-11)15(9)2/h3-6H,11H2,1-2H3,(H,12,14). The Morgan fingerprint density at radius 1 is 1.20 bits per heavy atom. The van der Waals surface area contributed by atoms with Crippen LogP contribution in [0.3, 0.4) is 0 Å². The summed E-state index contributed by atoms with van der Waals surface area (Å²) in [6, 6.07) is 8.11.